The molecule has 144 valence electrons. The zero-order valence-electron chi connectivity index (χ0n) is 15.8. The zero-order valence-corrected chi connectivity index (χ0v) is 16.7. The molecule has 0 spiro atoms. The Bertz CT molecular complexity index is 757. The van der Waals surface area contributed by atoms with Crippen LogP contribution in [0.3, 0.4) is 0 Å². The zero-order chi connectivity index (χ0) is 19.2. The van der Waals surface area contributed by atoms with Gasteiger partial charge in [-0.15, -0.1) is 0 Å². The first-order valence-corrected chi connectivity index (χ1v) is 10.5. The molecule has 0 amide bonds. The molecular formula is C23H29O3S+. The highest BCUT2D eigenvalue weighted by Gasteiger charge is 2.36. The lowest BCUT2D eigenvalue weighted by Crippen LogP contribution is -2.33. The number of thiol groups is 1. The third kappa shape index (κ3) is 5.23. The van der Waals surface area contributed by atoms with Gasteiger partial charge in [0.05, 0.1) is 19.3 Å². The highest BCUT2D eigenvalue weighted by molar-refractivity contribution is 7.79. The average molecular weight is 386 g/mol. The standard InChI is InChI=1S/C23H28O3S/c1-3-16-4-6-17(7-5-16)10-18-8-9-19(15-26-2)22(11-18)23-13-20(25)12-21(14-24)27-23/h3-9,11,20-21,23-25H,1,10,12-15H2,2H3/p+1/t20-,21?,23?/m0/s1. The van der Waals surface area contributed by atoms with Gasteiger partial charge in [0.1, 0.15) is 10.5 Å². The summed E-state index contributed by atoms with van der Waals surface area (Å²) in [4.78, 5) is 0. The number of methoxy groups -OCH3 is 1. The lowest BCUT2D eigenvalue weighted by atomic mass is 9.94. The molecule has 1 fully saturated rings. The molecule has 1 aliphatic heterocycles. The fourth-order valence-electron chi connectivity index (χ4n) is 3.73. The van der Waals surface area contributed by atoms with Crippen molar-refractivity contribution in [2.75, 3.05) is 13.7 Å². The molecule has 4 heteroatoms. The van der Waals surface area contributed by atoms with Gasteiger partial charge in [0.15, 0.2) is 0 Å². The molecule has 2 N–H and O–H groups in total. The van der Waals surface area contributed by atoms with Gasteiger partial charge in [0, 0.05) is 25.5 Å². The number of rotatable bonds is 7. The van der Waals surface area contributed by atoms with Crippen LogP contribution in [0.1, 0.15) is 45.9 Å². The third-order valence-electron chi connectivity index (χ3n) is 5.13. The average Bonchev–Trinajstić information content (AvgIpc) is 2.69. The van der Waals surface area contributed by atoms with E-state index in [9.17, 15) is 10.2 Å². The van der Waals surface area contributed by atoms with Crippen LogP contribution in [-0.2, 0) is 29.5 Å². The predicted octanol–water partition coefficient (Wildman–Crippen LogP) is 3.44. The Morgan fingerprint density at radius 3 is 2.56 bits per heavy atom. The van der Waals surface area contributed by atoms with Gasteiger partial charge >= 0.3 is 0 Å². The summed E-state index contributed by atoms with van der Waals surface area (Å²) in [7, 11) is 1.71. The Kier molecular flexibility index (Phi) is 7.13. The smallest absolute Gasteiger partial charge is 0.144 e. The molecule has 2 aromatic rings. The van der Waals surface area contributed by atoms with E-state index < -0.39 is 0 Å². The van der Waals surface area contributed by atoms with Crippen LogP contribution < -0.4 is 0 Å². The monoisotopic (exact) mass is 385 g/mol. The van der Waals surface area contributed by atoms with Crippen LogP contribution in [0.25, 0.3) is 6.08 Å². The van der Waals surface area contributed by atoms with E-state index in [1.54, 1.807) is 7.11 Å². The maximum atomic E-state index is 10.3. The maximum Gasteiger partial charge on any atom is 0.144 e. The van der Waals surface area contributed by atoms with Crippen LogP contribution >= 0.6 is 0 Å². The Morgan fingerprint density at radius 1 is 1.15 bits per heavy atom. The molecule has 3 nitrogen and oxygen atoms in total. The fraction of sp³-hybridized carbons (Fsp3) is 0.391. The number of aliphatic hydroxyl groups excluding tert-OH is 2. The summed E-state index contributed by atoms with van der Waals surface area (Å²) >= 11 is 1.20. The summed E-state index contributed by atoms with van der Waals surface area (Å²) in [5, 5.41) is 20.2. The number of hydrogen-bond donors (Lipinski definition) is 2. The molecule has 3 atom stereocenters. The molecule has 0 aliphatic carbocycles. The number of benzene rings is 2. The largest absolute Gasteiger partial charge is 0.393 e. The molecule has 1 aliphatic rings. The topological polar surface area (TPSA) is 49.7 Å². The summed E-state index contributed by atoms with van der Waals surface area (Å²) < 4.78 is 5.40. The van der Waals surface area contributed by atoms with Gasteiger partial charge < -0.3 is 14.9 Å². The first-order valence-electron chi connectivity index (χ1n) is 9.43. The van der Waals surface area contributed by atoms with Gasteiger partial charge in [-0.3, -0.25) is 0 Å². The second kappa shape index (κ2) is 9.56. The molecule has 2 aromatic carbocycles. The van der Waals surface area contributed by atoms with Crippen LogP contribution in [0.2, 0.25) is 0 Å². The molecule has 27 heavy (non-hydrogen) atoms. The molecular weight excluding hydrogens is 356 g/mol. The molecule has 0 radical (unpaired) electrons. The lowest BCUT2D eigenvalue weighted by molar-refractivity contribution is 0.136. The van der Waals surface area contributed by atoms with E-state index in [1.165, 1.54) is 34.0 Å². The predicted molar refractivity (Wildman–Crippen MR) is 114 cm³/mol. The van der Waals surface area contributed by atoms with Crippen molar-refractivity contribution in [1.29, 1.82) is 0 Å². The summed E-state index contributed by atoms with van der Waals surface area (Å²) in [6.45, 7) is 4.50. The van der Waals surface area contributed by atoms with Gasteiger partial charge in [-0.25, -0.2) is 0 Å². The van der Waals surface area contributed by atoms with Crippen molar-refractivity contribution >= 4 is 17.8 Å². The van der Waals surface area contributed by atoms with Crippen LogP contribution in [0, 0.1) is 0 Å². The van der Waals surface area contributed by atoms with Crippen molar-refractivity contribution in [3.8, 4) is 0 Å². The van der Waals surface area contributed by atoms with E-state index in [2.05, 4.69) is 49.0 Å². The first-order chi connectivity index (χ1) is 13.1. The van der Waals surface area contributed by atoms with E-state index in [0.717, 1.165) is 18.4 Å². The van der Waals surface area contributed by atoms with E-state index in [-0.39, 0.29) is 23.2 Å². The number of aliphatic hydroxyl groups is 2. The second-order valence-electron chi connectivity index (χ2n) is 7.22. The molecule has 3 rings (SSSR count). The van der Waals surface area contributed by atoms with Gasteiger partial charge in [-0.2, -0.15) is 0 Å². The Morgan fingerprint density at radius 2 is 1.89 bits per heavy atom. The van der Waals surface area contributed by atoms with Crippen LogP contribution in [0.4, 0.5) is 0 Å². The molecule has 1 heterocycles. The minimum absolute atomic E-state index is 0.129. The van der Waals surface area contributed by atoms with Crippen molar-refractivity contribution in [2.24, 2.45) is 0 Å². The molecule has 0 saturated carbocycles. The van der Waals surface area contributed by atoms with Crippen LogP contribution in [0.5, 0.6) is 0 Å². The van der Waals surface area contributed by atoms with Gasteiger partial charge in [-0.1, -0.05) is 55.1 Å². The molecule has 0 aromatic heterocycles. The van der Waals surface area contributed by atoms with Gasteiger partial charge in [-0.05, 0) is 40.4 Å². The second-order valence-corrected chi connectivity index (χ2v) is 8.87. The minimum Gasteiger partial charge on any atom is -0.393 e. The van der Waals surface area contributed by atoms with Crippen LogP contribution in [0.15, 0.2) is 49.0 Å². The van der Waals surface area contributed by atoms with E-state index in [1.807, 2.05) is 6.08 Å². The summed E-state index contributed by atoms with van der Waals surface area (Å²) in [5.41, 5.74) is 6.06. The van der Waals surface area contributed by atoms with Crippen LogP contribution in [-0.4, -0.2) is 35.3 Å². The highest BCUT2D eigenvalue weighted by atomic mass is 32.2. The van der Waals surface area contributed by atoms with Gasteiger partial charge in [0.25, 0.3) is 0 Å². The van der Waals surface area contributed by atoms with Crippen molar-refractivity contribution in [2.45, 2.75) is 42.5 Å². The van der Waals surface area contributed by atoms with Gasteiger partial charge in [0.2, 0.25) is 0 Å². The number of hydrogen-bond acceptors (Lipinski definition) is 3. The summed E-state index contributed by atoms with van der Waals surface area (Å²) in [5.74, 6) is 0. The Hall–Kier alpha value is -1.59. The highest BCUT2D eigenvalue weighted by Crippen LogP contribution is 2.35. The van der Waals surface area contributed by atoms with Crippen molar-refractivity contribution in [1.82, 2.24) is 0 Å². The summed E-state index contributed by atoms with van der Waals surface area (Å²) in [6, 6.07) is 15.0. The van der Waals surface area contributed by atoms with Crippen molar-refractivity contribution in [3.05, 3.63) is 76.9 Å². The maximum absolute atomic E-state index is 10.3. The fourth-order valence-corrected chi connectivity index (χ4v) is 5.47. The van der Waals surface area contributed by atoms with E-state index in [0.29, 0.717) is 13.0 Å². The summed E-state index contributed by atoms with van der Waals surface area (Å²) in [6.07, 6.45) is 3.80. The van der Waals surface area contributed by atoms with Crippen molar-refractivity contribution < 1.29 is 14.9 Å². The molecule has 1 saturated heterocycles. The third-order valence-corrected chi connectivity index (χ3v) is 6.78. The Balaban J connectivity index is 1.86. The lowest BCUT2D eigenvalue weighted by Gasteiger charge is -2.26. The van der Waals surface area contributed by atoms with E-state index >= 15 is 0 Å². The minimum atomic E-state index is -0.348. The van der Waals surface area contributed by atoms with E-state index in [4.69, 9.17) is 4.74 Å². The number of ether oxygens (including phenoxy) is 1. The molecule has 0 bridgehead atoms. The Labute approximate surface area is 166 Å². The van der Waals surface area contributed by atoms with Crippen molar-refractivity contribution in [3.63, 3.8) is 0 Å². The molecule has 2 unspecified atom stereocenters. The quantitative estimate of drug-likeness (QED) is 0.567. The normalized spacial score (nSPS) is 22.6. The SMILES string of the molecule is C=Cc1ccc(Cc2ccc(COC)c(C3C[C@@H](O)CC(CO)[SH+]3)c2)cc1. The first kappa shape index (κ1) is 20.2.